The Morgan fingerprint density at radius 3 is 3.09 bits per heavy atom. The molecule has 4 rings (SSSR count). The number of benzene rings is 1. The summed E-state index contributed by atoms with van der Waals surface area (Å²) in [5, 5.41) is 8.07. The number of hydrogen-bond acceptors (Lipinski definition) is 4. The summed E-state index contributed by atoms with van der Waals surface area (Å²) < 4.78 is 13.0. The van der Waals surface area contributed by atoms with Crippen molar-refractivity contribution in [2.24, 2.45) is 7.05 Å². The summed E-state index contributed by atoms with van der Waals surface area (Å²) in [5.41, 5.74) is 2.24. The Balaban J connectivity index is 1.56. The maximum absolute atomic E-state index is 12.6. The number of furan rings is 1. The van der Waals surface area contributed by atoms with Gasteiger partial charge in [-0.15, -0.1) is 0 Å². The van der Waals surface area contributed by atoms with E-state index in [9.17, 15) is 4.79 Å². The highest BCUT2D eigenvalue weighted by atomic mass is 16.5. The highest BCUT2D eigenvalue weighted by molar-refractivity contribution is 6.06. The lowest BCUT2D eigenvalue weighted by atomic mass is 10.0. The van der Waals surface area contributed by atoms with E-state index in [4.69, 9.17) is 9.15 Å². The van der Waals surface area contributed by atoms with Crippen LogP contribution in [0.15, 0.2) is 47.3 Å². The Labute approximate surface area is 133 Å². The van der Waals surface area contributed by atoms with Gasteiger partial charge in [-0.25, -0.2) is 0 Å². The van der Waals surface area contributed by atoms with Gasteiger partial charge in [0, 0.05) is 30.8 Å². The van der Waals surface area contributed by atoms with Crippen LogP contribution >= 0.6 is 0 Å². The Hall–Kier alpha value is -2.60. The summed E-state index contributed by atoms with van der Waals surface area (Å²) in [6.45, 7) is 0.622. The predicted molar refractivity (Wildman–Crippen MR) is 84.0 cm³/mol. The first-order chi connectivity index (χ1) is 11.2. The highest BCUT2D eigenvalue weighted by Gasteiger charge is 2.32. The molecule has 1 N–H and O–H groups in total. The van der Waals surface area contributed by atoms with E-state index in [1.165, 1.54) is 6.26 Å². The summed E-state index contributed by atoms with van der Waals surface area (Å²) in [4.78, 5) is 12.6. The van der Waals surface area contributed by atoms with Crippen molar-refractivity contribution in [2.75, 3.05) is 6.61 Å². The molecule has 1 aliphatic rings. The standard InChI is InChI=1S/C17H17N3O3/c1-20-9-11(8-18-20)16-14(6-7-22-16)19-17(21)13-10-23-15-5-3-2-4-12(13)15/h2-5,8-10,14,16H,6-7H2,1H3,(H,19,21)/t14-,16+/m0/s1. The second kappa shape index (κ2) is 5.55. The van der Waals surface area contributed by atoms with Crippen LogP contribution in [0.5, 0.6) is 0 Å². The molecule has 6 heteroatoms. The van der Waals surface area contributed by atoms with E-state index in [1.54, 1.807) is 10.9 Å². The van der Waals surface area contributed by atoms with E-state index in [2.05, 4.69) is 10.4 Å². The molecule has 1 aromatic carbocycles. The van der Waals surface area contributed by atoms with Crippen LogP contribution in [0.25, 0.3) is 11.0 Å². The van der Waals surface area contributed by atoms with Gasteiger partial charge in [0.05, 0.1) is 17.8 Å². The van der Waals surface area contributed by atoms with E-state index in [1.807, 2.05) is 37.5 Å². The van der Waals surface area contributed by atoms with Crippen molar-refractivity contribution in [3.63, 3.8) is 0 Å². The van der Waals surface area contributed by atoms with Crippen LogP contribution in [0, 0.1) is 0 Å². The van der Waals surface area contributed by atoms with E-state index in [0.717, 1.165) is 17.4 Å². The van der Waals surface area contributed by atoms with Crippen molar-refractivity contribution in [1.29, 1.82) is 0 Å². The largest absolute Gasteiger partial charge is 0.463 e. The minimum absolute atomic E-state index is 0.0691. The third-order valence-electron chi connectivity index (χ3n) is 4.19. The summed E-state index contributed by atoms with van der Waals surface area (Å²) in [6, 6.07) is 7.45. The van der Waals surface area contributed by atoms with Crippen molar-refractivity contribution >= 4 is 16.9 Å². The molecule has 3 aromatic rings. The molecule has 1 aliphatic heterocycles. The Kier molecular flexibility index (Phi) is 3.38. The highest BCUT2D eigenvalue weighted by Crippen LogP contribution is 2.29. The monoisotopic (exact) mass is 311 g/mol. The molecule has 0 spiro atoms. The summed E-state index contributed by atoms with van der Waals surface area (Å²) >= 11 is 0. The average Bonchev–Trinajstić information content (AvgIpc) is 3.25. The summed E-state index contributed by atoms with van der Waals surface area (Å²) in [5.74, 6) is -0.139. The van der Waals surface area contributed by atoms with E-state index in [0.29, 0.717) is 17.8 Å². The fourth-order valence-electron chi connectivity index (χ4n) is 3.05. The number of ether oxygens (including phenoxy) is 1. The number of amides is 1. The quantitative estimate of drug-likeness (QED) is 0.806. The number of hydrogen-bond donors (Lipinski definition) is 1. The summed E-state index contributed by atoms with van der Waals surface area (Å²) in [7, 11) is 1.86. The molecule has 6 nitrogen and oxygen atoms in total. The number of carbonyl (C=O) groups is 1. The van der Waals surface area contributed by atoms with Gasteiger partial charge in [-0.2, -0.15) is 5.10 Å². The number of aryl methyl sites for hydroxylation is 1. The second-order valence-electron chi connectivity index (χ2n) is 5.75. The first-order valence-electron chi connectivity index (χ1n) is 7.59. The third kappa shape index (κ3) is 2.51. The van der Waals surface area contributed by atoms with Crippen LogP contribution < -0.4 is 5.32 Å². The molecular formula is C17H17N3O3. The molecule has 2 aromatic heterocycles. The Bertz CT molecular complexity index is 852. The minimum atomic E-state index is -0.161. The van der Waals surface area contributed by atoms with Gasteiger partial charge in [0.1, 0.15) is 18.0 Å². The molecule has 1 amide bonds. The topological polar surface area (TPSA) is 69.3 Å². The van der Waals surface area contributed by atoms with Crippen LogP contribution in [0.2, 0.25) is 0 Å². The minimum Gasteiger partial charge on any atom is -0.463 e. The first-order valence-corrected chi connectivity index (χ1v) is 7.59. The number of rotatable bonds is 3. The van der Waals surface area contributed by atoms with Gasteiger partial charge in [0.15, 0.2) is 0 Å². The number of para-hydroxylation sites is 1. The number of fused-ring (bicyclic) bond motifs is 1. The van der Waals surface area contributed by atoms with Gasteiger partial charge >= 0.3 is 0 Å². The van der Waals surface area contributed by atoms with Gasteiger partial charge in [0.2, 0.25) is 0 Å². The van der Waals surface area contributed by atoms with E-state index in [-0.39, 0.29) is 18.1 Å². The van der Waals surface area contributed by atoms with Crippen LogP contribution in [-0.4, -0.2) is 28.3 Å². The van der Waals surface area contributed by atoms with Crippen molar-refractivity contribution in [2.45, 2.75) is 18.6 Å². The fraction of sp³-hybridized carbons (Fsp3) is 0.294. The smallest absolute Gasteiger partial charge is 0.255 e. The van der Waals surface area contributed by atoms with Crippen molar-refractivity contribution < 1.29 is 13.9 Å². The van der Waals surface area contributed by atoms with Crippen molar-refractivity contribution in [3.8, 4) is 0 Å². The maximum Gasteiger partial charge on any atom is 0.255 e. The van der Waals surface area contributed by atoms with Gasteiger partial charge in [0.25, 0.3) is 5.91 Å². The zero-order valence-corrected chi connectivity index (χ0v) is 12.7. The molecule has 1 fully saturated rings. The lowest BCUT2D eigenvalue weighted by Crippen LogP contribution is -2.36. The van der Waals surface area contributed by atoms with E-state index >= 15 is 0 Å². The molecule has 0 aliphatic carbocycles. The molecule has 0 unspecified atom stereocenters. The molecule has 0 bridgehead atoms. The normalized spacial score (nSPS) is 20.9. The molecule has 3 heterocycles. The number of nitrogens with zero attached hydrogens (tertiary/aromatic N) is 2. The Morgan fingerprint density at radius 2 is 2.26 bits per heavy atom. The van der Waals surface area contributed by atoms with Crippen LogP contribution in [0.1, 0.15) is 28.4 Å². The predicted octanol–water partition coefficient (Wildman–Crippen LogP) is 2.43. The third-order valence-corrected chi connectivity index (χ3v) is 4.19. The van der Waals surface area contributed by atoms with E-state index < -0.39 is 0 Å². The lowest BCUT2D eigenvalue weighted by Gasteiger charge is -2.18. The van der Waals surface area contributed by atoms with Gasteiger partial charge < -0.3 is 14.5 Å². The van der Waals surface area contributed by atoms with Crippen molar-refractivity contribution in [1.82, 2.24) is 15.1 Å². The molecule has 23 heavy (non-hydrogen) atoms. The molecular weight excluding hydrogens is 294 g/mol. The lowest BCUT2D eigenvalue weighted by molar-refractivity contribution is 0.0822. The molecule has 2 atom stereocenters. The van der Waals surface area contributed by atoms with Gasteiger partial charge in [-0.1, -0.05) is 18.2 Å². The average molecular weight is 311 g/mol. The number of carbonyl (C=O) groups excluding carboxylic acids is 1. The molecule has 118 valence electrons. The molecule has 1 saturated heterocycles. The van der Waals surface area contributed by atoms with Crippen molar-refractivity contribution in [3.05, 3.63) is 54.0 Å². The van der Waals surface area contributed by atoms with Gasteiger partial charge in [-0.3, -0.25) is 9.48 Å². The van der Waals surface area contributed by atoms with Crippen LogP contribution in [-0.2, 0) is 11.8 Å². The van der Waals surface area contributed by atoms with Gasteiger partial charge in [-0.05, 0) is 12.5 Å². The Morgan fingerprint density at radius 1 is 1.39 bits per heavy atom. The number of nitrogens with one attached hydrogen (secondary N) is 1. The zero-order valence-electron chi connectivity index (χ0n) is 12.7. The van der Waals surface area contributed by atoms with Crippen LogP contribution in [0.4, 0.5) is 0 Å². The SMILES string of the molecule is Cn1cc([C@H]2OCC[C@@H]2NC(=O)c2coc3ccccc23)cn1. The first kappa shape index (κ1) is 14.0. The number of aromatic nitrogens is 2. The zero-order chi connectivity index (χ0) is 15.8. The maximum atomic E-state index is 12.6. The molecule has 0 radical (unpaired) electrons. The van der Waals surface area contributed by atoms with Crippen LogP contribution in [0.3, 0.4) is 0 Å². The summed E-state index contributed by atoms with van der Waals surface area (Å²) in [6.07, 6.45) is 5.83. The fourth-order valence-corrected chi connectivity index (χ4v) is 3.05. The molecule has 0 saturated carbocycles. The second-order valence-corrected chi connectivity index (χ2v) is 5.75.